The van der Waals surface area contributed by atoms with E-state index in [-0.39, 0.29) is 6.54 Å². The van der Waals surface area contributed by atoms with E-state index in [0.29, 0.717) is 11.4 Å². The summed E-state index contributed by atoms with van der Waals surface area (Å²) in [5.41, 5.74) is 6.42. The Hall–Kier alpha value is -2.11. The number of carbonyl (C=O) groups excluding carboxylic acids is 2. The second-order valence-corrected chi connectivity index (χ2v) is 3.92. The van der Waals surface area contributed by atoms with Crippen LogP contribution in [0.25, 0.3) is 0 Å². The van der Waals surface area contributed by atoms with Crippen molar-refractivity contribution in [1.82, 2.24) is 5.32 Å². The summed E-state index contributed by atoms with van der Waals surface area (Å²) in [4.78, 5) is 24.3. The Kier molecular flexibility index (Phi) is 2.71. The van der Waals surface area contributed by atoms with Gasteiger partial charge >= 0.3 is 0 Å². The fourth-order valence-electron chi connectivity index (χ4n) is 1.77. The van der Waals surface area contributed by atoms with Gasteiger partial charge in [-0.2, -0.15) is 0 Å². The van der Waals surface area contributed by atoms with Crippen LogP contribution in [-0.4, -0.2) is 24.4 Å². The number of imide groups is 1. The van der Waals surface area contributed by atoms with E-state index in [4.69, 9.17) is 5.73 Å². The summed E-state index contributed by atoms with van der Waals surface area (Å²) >= 11 is 0. The number of benzene rings is 1. The third-order valence-electron chi connectivity index (χ3n) is 2.73. The fraction of sp³-hybridized carbons (Fsp3) is 0.273. The second kappa shape index (κ2) is 4.04. The van der Waals surface area contributed by atoms with Crippen LogP contribution in [0, 0.1) is 5.82 Å². The highest BCUT2D eigenvalue weighted by atomic mass is 19.1. The van der Waals surface area contributed by atoms with E-state index in [2.05, 4.69) is 5.32 Å². The topological polar surface area (TPSA) is 75.4 Å². The molecule has 0 aliphatic carbocycles. The van der Waals surface area contributed by atoms with Gasteiger partial charge in [-0.1, -0.05) is 0 Å². The van der Waals surface area contributed by atoms with Gasteiger partial charge in [0.1, 0.15) is 11.9 Å². The van der Waals surface area contributed by atoms with Gasteiger partial charge in [-0.05, 0) is 25.1 Å². The van der Waals surface area contributed by atoms with Crippen LogP contribution in [0.5, 0.6) is 0 Å². The smallest absolute Gasteiger partial charge is 0.249 e. The molecule has 1 aliphatic rings. The normalized spacial score (nSPS) is 20.4. The molecule has 1 aliphatic heterocycles. The number of rotatable bonds is 1. The molecule has 1 atom stereocenters. The van der Waals surface area contributed by atoms with Crippen molar-refractivity contribution in [2.75, 3.05) is 17.2 Å². The number of piperazine rings is 1. The molecule has 0 spiro atoms. The number of hydrogen-bond donors (Lipinski definition) is 2. The summed E-state index contributed by atoms with van der Waals surface area (Å²) < 4.78 is 13.2. The minimum atomic E-state index is -0.559. The minimum Gasteiger partial charge on any atom is -0.397 e. The molecule has 1 heterocycles. The molecular formula is C11H12FN3O2. The predicted molar refractivity (Wildman–Crippen MR) is 60.8 cm³/mol. The summed E-state index contributed by atoms with van der Waals surface area (Å²) in [5, 5.41) is 2.21. The number of carbonyl (C=O) groups is 2. The van der Waals surface area contributed by atoms with Crippen molar-refractivity contribution in [3.05, 3.63) is 24.0 Å². The average Bonchev–Trinajstić information content (AvgIpc) is 2.27. The Morgan fingerprint density at radius 2 is 2.18 bits per heavy atom. The summed E-state index contributed by atoms with van der Waals surface area (Å²) in [6.07, 6.45) is 0. The van der Waals surface area contributed by atoms with Gasteiger partial charge in [-0.25, -0.2) is 4.39 Å². The first-order valence-electron chi connectivity index (χ1n) is 5.14. The van der Waals surface area contributed by atoms with Gasteiger partial charge < -0.3 is 10.6 Å². The largest absolute Gasteiger partial charge is 0.397 e. The van der Waals surface area contributed by atoms with Crippen molar-refractivity contribution >= 4 is 23.2 Å². The molecular weight excluding hydrogens is 225 g/mol. The quantitative estimate of drug-likeness (QED) is 0.542. The molecule has 0 bridgehead atoms. The van der Waals surface area contributed by atoms with Gasteiger partial charge in [-0.15, -0.1) is 0 Å². The Morgan fingerprint density at radius 1 is 1.47 bits per heavy atom. The zero-order valence-electron chi connectivity index (χ0n) is 9.24. The van der Waals surface area contributed by atoms with Gasteiger partial charge in [0.25, 0.3) is 0 Å². The number of amides is 2. The third-order valence-corrected chi connectivity index (χ3v) is 2.73. The maximum atomic E-state index is 13.2. The number of nitrogens with two attached hydrogens (primary N) is 1. The first-order valence-corrected chi connectivity index (χ1v) is 5.14. The van der Waals surface area contributed by atoms with Crippen molar-refractivity contribution < 1.29 is 14.0 Å². The first-order chi connectivity index (χ1) is 7.99. The number of hydrogen-bond acceptors (Lipinski definition) is 4. The van der Waals surface area contributed by atoms with Gasteiger partial charge in [-0.3, -0.25) is 14.9 Å². The molecule has 2 rings (SSSR count). The van der Waals surface area contributed by atoms with Crippen LogP contribution in [0.2, 0.25) is 0 Å². The molecule has 0 radical (unpaired) electrons. The van der Waals surface area contributed by atoms with Crippen LogP contribution in [0.3, 0.4) is 0 Å². The second-order valence-electron chi connectivity index (χ2n) is 3.92. The number of anilines is 2. The van der Waals surface area contributed by atoms with E-state index in [1.54, 1.807) is 6.92 Å². The van der Waals surface area contributed by atoms with Gasteiger partial charge in [0, 0.05) is 0 Å². The maximum absolute atomic E-state index is 13.2. The summed E-state index contributed by atoms with van der Waals surface area (Å²) in [7, 11) is 0. The highest BCUT2D eigenvalue weighted by Gasteiger charge is 2.31. The molecule has 3 N–H and O–H groups in total. The average molecular weight is 237 g/mol. The molecule has 90 valence electrons. The van der Waals surface area contributed by atoms with Crippen LogP contribution in [0.4, 0.5) is 15.8 Å². The van der Waals surface area contributed by atoms with E-state index >= 15 is 0 Å². The van der Waals surface area contributed by atoms with Crippen molar-refractivity contribution in [3.8, 4) is 0 Å². The van der Waals surface area contributed by atoms with Crippen LogP contribution in [-0.2, 0) is 9.59 Å². The molecule has 6 heteroatoms. The molecule has 0 aromatic heterocycles. The van der Waals surface area contributed by atoms with E-state index in [1.165, 1.54) is 23.1 Å². The van der Waals surface area contributed by atoms with Gasteiger partial charge in [0.2, 0.25) is 11.8 Å². The van der Waals surface area contributed by atoms with E-state index < -0.39 is 23.7 Å². The van der Waals surface area contributed by atoms with Crippen molar-refractivity contribution in [2.45, 2.75) is 13.0 Å². The Labute approximate surface area is 97.4 Å². The zero-order valence-corrected chi connectivity index (χ0v) is 9.24. The van der Waals surface area contributed by atoms with E-state index in [1.807, 2.05) is 0 Å². The molecule has 0 saturated carbocycles. The fourth-order valence-corrected chi connectivity index (χ4v) is 1.77. The molecule has 1 aromatic carbocycles. The third kappa shape index (κ3) is 2.06. The summed E-state index contributed by atoms with van der Waals surface area (Å²) in [5.74, 6) is -1.29. The summed E-state index contributed by atoms with van der Waals surface area (Å²) in [6, 6.07) is 3.30. The van der Waals surface area contributed by atoms with E-state index in [9.17, 15) is 14.0 Å². The highest BCUT2D eigenvalue weighted by Crippen LogP contribution is 2.26. The number of nitrogens with one attached hydrogen (secondary N) is 1. The maximum Gasteiger partial charge on any atom is 0.249 e. The Bertz CT molecular complexity index is 490. The van der Waals surface area contributed by atoms with Crippen LogP contribution in [0.1, 0.15) is 6.92 Å². The molecule has 1 saturated heterocycles. The Balaban J connectivity index is 2.40. The molecule has 1 fully saturated rings. The SMILES string of the molecule is CC1C(=O)NC(=O)CN1c1cc(F)ccc1N. The van der Waals surface area contributed by atoms with Crippen molar-refractivity contribution in [1.29, 1.82) is 0 Å². The van der Waals surface area contributed by atoms with Gasteiger partial charge in [0.15, 0.2) is 0 Å². The highest BCUT2D eigenvalue weighted by molar-refractivity contribution is 6.05. The molecule has 5 nitrogen and oxygen atoms in total. The molecule has 1 aromatic rings. The number of nitrogen functional groups attached to an aromatic ring is 1. The molecule has 1 unspecified atom stereocenters. The number of nitrogens with zero attached hydrogens (tertiary/aromatic N) is 1. The van der Waals surface area contributed by atoms with Gasteiger partial charge in [0.05, 0.1) is 17.9 Å². The lowest BCUT2D eigenvalue weighted by Crippen LogP contribution is -2.57. The lowest BCUT2D eigenvalue weighted by atomic mass is 10.1. The standard InChI is InChI=1S/C11H12FN3O2/c1-6-11(17)14-10(16)5-15(6)9-4-7(12)2-3-8(9)13/h2-4,6H,5,13H2,1H3,(H,14,16,17). The van der Waals surface area contributed by atoms with Crippen molar-refractivity contribution in [2.24, 2.45) is 0 Å². The van der Waals surface area contributed by atoms with E-state index in [0.717, 1.165) is 0 Å². The lowest BCUT2D eigenvalue weighted by molar-refractivity contribution is -0.132. The monoisotopic (exact) mass is 237 g/mol. The minimum absolute atomic E-state index is 0.0133. The zero-order chi connectivity index (χ0) is 12.6. The van der Waals surface area contributed by atoms with Crippen LogP contribution < -0.4 is 16.0 Å². The summed E-state index contributed by atoms with van der Waals surface area (Å²) in [6.45, 7) is 1.62. The molecule has 2 amide bonds. The van der Waals surface area contributed by atoms with Crippen LogP contribution in [0.15, 0.2) is 18.2 Å². The van der Waals surface area contributed by atoms with Crippen LogP contribution >= 0.6 is 0 Å². The lowest BCUT2D eigenvalue weighted by Gasteiger charge is -2.34. The Morgan fingerprint density at radius 3 is 2.88 bits per heavy atom. The van der Waals surface area contributed by atoms with Crippen molar-refractivity contribution in [3.63, 3.8) is 0 Å². The first kappa shape index (κ1) is 11.4. The number of halogens is 1. The predicted octanol–water partition coefficient (Wildman–Crippen LogP) is 0.259. The molecule has 17 heavy (non-hydrogen) atoms.